The van der Waals surface area contributed by atoms with Gasteiger partial charge in [-0.15, -0.1) is 0 Å². The number of aromatic nitrogens is 2. The van der Waals surface area contributed by atoms with Crippen molar-refractivity contribution in [2.45, 2.75) is 84.0 Å². The van der Waals surface area contributed by atoms with Gasteiger partial charge in [0.25, 0.3) is 0 Å². The van der Waals surface area contributed by atoms with Crippen molar-refractivity contribution in [3.8, 4) is 0 Å². The number of halogens is 4. The Morgan fingerprint density at radius 1 is 0.871 bits per heavy atom. The molecular weight excluding hydrogens is 659 g/mol. The van der Waals surface area contributed by atoms with Crippen molar-refractivity contribution in [1.82, 2.24) is 9.97 Å². The molecule has 7 heteroatoms. The Kier molecular flexibility index (Phi) is 17.4. The minimum atomic E-state index is 0.560. The van der Waals surface area contributed by atoms with Crippen molar-refractivity contribution < 1.29 is 16.3 Å². The van der Waals surface area contributed by atoms with Gasteiger partial charge in [-0.25, -0.2) is 9.97 Å². The zero-order valence-electron chi connectivity index (χ0n) is 18.6. The molecule has 0 saturated heterocycles. The van der Waals surface area contributed by atoms with Crippen LogP contribution in [0, 0.1) is 23.8 Å². The molecule has 0 amide bonds. The van der Waals surface area contributed by atoms with Gasteiger partial charge < -0.3 is 6.42 Å². The molecule has 2 fully saturated rings. The molecule has 0 atom stereocenters. The van der Waals surface area contributed by atoms with E-state index in [0.717, 1.165) is 9.49 Å². The third-order valence-corrected chi connectivity index (χ3v) is 7.05. The number of rotatable bonds is 1. The average molecular weight is 692 g/mol. The van der Waals surface area contributed by atoms with Crippen LogP contribution in [0.5, 0.6) is 0 Å². The number of nitrogens with zero attached hydrogens (tertiary/aromatic N) is 2. The Hall–Kier alpha value is 0.713. The van der Waals surface area contributed by atoms with Gasteiger partial charge in [0.05, 0.1) is 0 Å². The van der Waals surface area contributed by atoms with Crippen LogP contribution in [0.4, 0.5) is 0 Å². The molecule has 0 N–H and O–H groups in total. The molecule has 31 heavy (non-hydrogen) atoms. The minimum absolute atomic E-state index is 0.560. The number of hydrogen-bond acceptors (Lipinski definition) is 2. The summed E-state index contributed by atoms with van der Waals surface area (Å²) >= 11 is 18.0. The van der Waals surface area contributed by atoms with Crippen molar-refractivity contribution in [3.63, 3.8) is 0 Å². The van der Waals surface area contributed by atoms with Gasteiger partial charge in [0.15, 0.2) is 0 Å². The zero-order valence-corrected chi connectivity index (χ0v) is 26.9. The number of pyridine rings is 2. The quantitative estimate of drug-likeness (QED) is 0.129. The molecule has 2 nitrogen and oxygen atoms in total. The third kappa shape index (κ3) is 12.7. The summed E-state index contributed by atoms with van der Waals surface area (Å²) < 4.78 is 1.16. The molecule has 4 rings (SSSR count). The van der Waals surface area contributed by atoms with Crippen LogP contribution in [0.2, 0.25) is 10.3 Å². The second-order valence-corrected chi connectivity index (χ2v) is 9.82. The first kappa shape index (κ1) is 29.7. The second kappa shape index (κ2) is 18.1. The van der Waals surface area contributed by atoms with Crippen molar-refractivity contribution in [1.29, 1.82) is 0 Å². The van der Waals surface area contributed by atoms with Gasteiger partial charge in [0, 0.05) is 16.0 Å². The summed E-state index contributed by atoms with van der Waals surface area (Å²) in [5.74, 6) is 0.726. The molecule has 0 spiro atoms. The standard InChI is InChI=1S/C12H16ClN.C6H5ClIN.C6H11.BrH.Zn/c1-9-8-14-12(13)7-11(9)10-5-3-2-4-6-10;1-4-3-9-6(7)2-5(4)8;1-2-4-6-5-3-1;;/h7-8,10H,2-6H2,1H3;2-3H,1H3;1H,2-6H2;1H;/q;;-1;;+2/p-1. The number of aryl methyl sites for hydroxylation is 2. The van der Waals surface area contributed by atoms with Crippen molar-refractivity contribution >= 4 is 59.4 Å². The van der Waals surface area contributed by atoms with Crippen molar-refractivity contribution in [3.05, 3.63) is 61.5 Å². The van der Waals surface area contributed by atoms with Gasteiger partial charge in [0.1, 0.15) is 10.3 Å². The fraction of sp³-hybridized carbons (Fsp3) is 0.542. The first-order chi connectivity index (χ1) is 15.0. The maximum atomic E-state index is 5.92. The van der Waals surface area contributed by atoms with Gasteiger partial charge in [-0.3, -0.25) is 0 Å². The molecule has 2 heterocycles. The Labute approximate surface area is 229 Å². The molecule has 0 radical (unpaired) electrons. The SMILES string of the molecule is Cc1cnc(Cl)cc1C1CCCCC1.Cc1cnc(Cl)cc1I.[CH-]1CCCCC1.[Zn+][Br]. The maximum absolute atomic E-state index is 5.92. The summed E-state index contributed by atoms with van der Waals surface area (Å²) in [6.07, 6.45) is 19.9. The van der Waals surface area contributed by atoms with Crippen LogP contribution in [-0.2, 0) is 16.3 Å². The van der Waals surface area contributed by atoms with Gasteiger partial charge >= 0.3 is 30.0 Å². The van der Waals surface area contributed by atoms with Crippen LogP contribution in [0.3, 0.4) is 0 Å². The van der Waals surface area contributed by atoms with E-state index in [0.29, 0.717) is 10.3 Å². The summed E-state index contributed by atoms with van der Waals surface area (Å²) in [5, 5.41) is 1.20. The monoisotopic (exact) mass is 688 g/mol. The van der Waals surface area contributed by atoms with Gasteiger partial charge in [-0.2, -0.15) is 12.8 Å². The van der Waals surface area contributed by atoms with Crippen LogP contribution >= 0.6 is 59.4 Å². The molecule has 0 aliphatic heterocycles. The normalized spacial score (nSPS) is 16.0. The Balaban J connectivity index is 0.000000243. The molecule has 0 bridgehead atoms. The molecule has 2 aromatic rings. The van der Waals surface area contributed by atoms with Gasteiger partial charge in [0.2, 0.25) is 0 Å². The summed E-state index contributed by atoms with van der Waals surface area (Å²) in [6, 6.07) is 3.89. The van der Waals surface area contributed by atoms with E-state index in [1.807, 2.05) is 25.3 Å². The molecule has 168 valence electrons. The fourth-order valence-electron chi connectivity index (χ4n) is 3.74. The zero-order chi connectivity index (χ0) is 23.1. The molecule has 0 unspecified atom stereocenters. The fourth-order valence-corrected chi connectivity index (χ4v) is 4.68. The Bertz CT molecular complexity index is 743. The van der Waals surface area contributed by atoms with E-state index < -0.39 is 0 Å². The predicted octanol–water partition coefficient (Wildman–Crippen LogP) is 9.74. The third-order valence-electron chi connectivity index (χ3n) is 5.48. The number of hydrogen-bond donors (Lipinski definition) is 0. The summed E-state index contributed by atoms with van der Waals surface area (Å²) in [7, 11) is 0. The molecule has 2 aromatic heterocycles. The average Bonchev–Trinajstić information content (AvgIpc) is 2.82. The van der Waals surface area contributed by atoms with Crippen molar-refractivity contribution in [2.24, 2.45) is 0 Å². The molecule has 2 aliphatic carbocycles. The second-order valence-electron chi connectivity index (χ2n) is 7.88. The van der Waals surface area contributed by atoms with E-state index in [9.17, 15) is 0 Å². The van der Waals surface area contributed by atoms with Crippen LogP contribution < -0.4 is 0 Å². The molecular formula is C24H32BrCl2IN2Zn. The summed E-state index contributed by atoms with van der Waals surface area (Å²) in [4.78, 5) is 8.00. The van der Waals surface area contributed by atoms with E-state index in [-0.39, 0.29) is 0 Å². The summed E-state index contributed by atoms with van der Waals surface area (Å²) in [6.45, 7) is 4.14. The predicted molar refractivity (Wildman–Crippen MR) is 143 cm³/mol. The van der Waals surface area contributed by atoms with E-state index in [4.69, 9.17) is 23.2 Å². The topological polar surface area (TPSA) is 25.8 Å². The van der Waals surface area contributed by atoms with Crippen LogP contribution in [-0.4, -0.2) is 9.97 Å². The summed E-state index contributed by atoms with van der Waals surface area (Å²) in [5.41, 5.74) is 3.88. The van der Waals surface area contributed by atoms with E-state index >= 15 is 0 Å². The first-order valence-corrected chi connectivity index (χ1v) is 19.7. The van der Waals surface area contributed by atoms with Gasteiger partial charge in [-0.1, -0.05) is 61.7 Å². The van der Waals surface area contributed by atoms with Crippen LogP contribution in [0.25, 0.3) is 0 Å². The molecule has 0 aromatic carbocycles. The van der Waals surface area contributed by atoms with E-state index in [1.54, 1.807) is 6.20 Å². The van der Waals surface area contributed by atoms with Gasteiger partial charge in [-0.05, 0) is 84.0 Å². The van der Waals surface area contributed by atoms with Crippen LogP contribution in [0.15, 0.2) is 24.5 Å². The van der Waals surface area contributed by atoms with Crippen molar-refractivity contribution in [2.75, 3.05) is 0 Å². The van der Waals surface area contributed by atoms with E-state index in [1.165, 1.54) is 97.2 Å². The first-order valence-electron chi connectivity index (χ1n) is 11.0. The molecule has 2 saturated carbocycles. The van der Waals surface area contributed by atoms with Crippen LogP contribution in [0.1, 0.15) is 86.8 Å². The Morgan fingerprint density at radius 3 is 1.84 bits per heavy atom. The Morgan fingerprint density at radius 2 is 1.39 bits per heavy atom. The van der Waals surface area contributed by atoms with E-state index in [2.05, 4.69) is 59.5 Å². The molecule has 2 aliphatic rings.